The first-order valence-electron chi connectivity index (χ1n) is 18.2. The number of hydrogen-bond acceptors (Lipinski definition) is 12. The van der Waals surface area contributed by atoms with Gasteiger partial charge in [-0.15, -0.1) is 45.3 Å². The van der Waals surface area contributed by atoms with Gasteiger partial charge in [0.1, 0.15) is 23.0 Å². The van der Waals surface area contributed by atoms with Crippen LogP contribution >= 0.6 is 45.3 Å². The summed E-state index contributed by atoms with van der Waals surface area (Å²) < 4.78 is 48.8. The number of methoxy groups -OCH3 is 6. The Balaban J connectivity index is 1.52. The summed E-state index contributed by atoms with van der Waals surface area (Å²) in [4.78, 5) is 8.45. The molecule has 0 aliphatic heterocycles. The van der Waals surface area contributed by atoms with Crippen LogP contribution in [0.15, 0.2) is 36.4 Å². The van der Waals surface area contributed by atoms with Crippen molar-refractivity contribution >= 4 is 45.3 Å². The molecule has 0 atom stereocenters. The number of ether oxygens (including phenoxy) is 8. The highest BCUT2D eigenvalue weighted by Crippen LogP contribution is 2.61. The standard InChI is InChI=1S/C44H50O8S4/c1-21(2)51-29-19-15-17-27(45-9)31(29)41-33(47-11)35(49-13)43(55-41)39-25(7)23(5)37(53-39)38-24(6)26(8)40(54-38)44-36(50-14)34(48-12)42(56-44)32-28(46-10)18-16-20-30(32)52-22(3)4/h15-22H,1-14H3. The average Bonchev–Trinajstić information content (AvgIpc) is 3.90. The first-order chi connectivity index (χ1) is 26.8. The molecule has 0 saturated heterocycles. The number of thiophene rings is 4. The van der Waals surface area contributed by atoms with Gasteiger partial charge in [0, 0.05) is 9.75 Å². The lowest BCUT2D eigenvalue weighted by Gasteiger charge is -2.17. The van der Waals surface area contributed by atoms with Gasteiger partial charge in [0.05, 0.1) is 95.3 Å². The molecule has 0 aliphatic rings. The second kappa shape index (κ2) is 17.0. The Hall–Kier alpha value is -4.36. The van der Waals surface area contributed by atoms with Crippen molar-refractivity contribution in [2.45, 2.75) is 67.6 Å². The quantitative estimate of drug-likeness (QED) is 0.101. The first kappa shape index (κ1) is 41.3. The minimum atomic E-state index is -0.0281. The summed E-state index contributed by atoms with van der Waals surface area (Å²) in [6, 6.07) is 11.7. The zero-order valence-corrected chi connectivity index (χ0v) is 37.8. The Morgan fingerprint density at radius 2 is 0.625 bits per heavy atom. The number of rotatable bonds is 15. The van der Waals surface area contributed by atoms with Crippen molar-refractivity contribution in [2.24, 2.45) is 0 Å². The SMILES string of the molecule is COc1cccc(OC(C)C)c1-c1sc(-c2sc(-c3sc(-c4sc(-c5c(OC)cccc5OC(C)C)c(OC)c4OC)c(C)c3C)c(C)c2C)c(OC)c1OC. The van der Waals surface area contributed by atoms with Crippen LogP contribution in [0, 0.1) is 27.7 Å². The summed E-state index contributed by atoms with van der Waals surface area (Å²) in [5, 5.41) is 0. The first-order valence-corrected chi connectivity index (χ1v) is 21.5. The van der Waals surface area contributed by atoms with Crippen LogP contribution in [-0.2, 0) is 0 Å². The molecule has 0 radical (unpaired) electrons. The summed E-state index contributed by atoms with van der Waals surface area (Å²) in [5.74, 6) is 5.52. The van der Waals surface area contributed by atoms with E-state index in [1.807, 2.05) is 64.1 Å². The van der Waals surface area contributed by atoms with Gasteiger partial charge in [-0.25, -0.2) is 0 Å². The molecule has 0 fully saturated rings. The molecule has 0 spiro atoms. The van der Waals surface area contributed by atoms with Crippen LogP contribution in [0.4, 0.5) is 0 Å². The van der Waals surface area contributed by atoms with Crippen molar-refractivity contribution in [3.8, 4) is 96.1 Å². The molecule has 0 aliphatic carbocycles. The fourth-order valence-electron chi connectivity index (χ4n) is 6.74. The van der Waals surface area contributed by atoms with E-state index in [9.17, 15) is 0 Å². The summed E-state index contributed by atoms with van der Waals surface area (Å²) in [5.41, 5.74) is 6.50. The van der Waals surface area contributed by atoms with Crippen molar-refractivity contribution in [1.29, 1.82) is 0 Å². The highest BCUT2D eigenvalue weighted by molar-refractivity contribution is 7.30. The molecule has 56 heavy (non-hydrogen) atoms. The lowest BCUT2D eigenvalue weighted by molar-refractivity contribution is 0.242. The molecule has 6 aromatic rings. The molecular weight excluding hydrogens is 785 g/mol. The van der Waals surface area contributed by atoms with Gasteiger partial charge < -0.3 is 37.9 Å². The molecule has 0 N–H and O–H groups in total. The van der Waals surface area contributed by atoms with E-state index in [1.165, 1.54) is 32.0 Å². The molecule has 298 valence electrons. The lowest BCUT2D eigenvalue weighted by Crippen LogP contribution is -2.07. The van der Waals surface area contributed by atoms with E-state index in [4.69, 9.17) is 37.9 Å². The van der Waals surface area contributed by atoms with Gasteiger partial charge in [0.2, 0.25) is 0 Å². The molecule has 0 bridgehead atoms. The van der Waals surface area contributed by atoms with Crippen LogP contribution in [-0.4, -0.2) is 54.9 Å². The van der Waals surface area contributed by atoms with Gasteiger partial charge in [0.15, 0.2) is 23.0 Å². The van der Waals surface area contributed by atoms with Gasteiger partial charge in [-0.3, -0.25) is 0 Å². The topological polar surface area (TPSA) is 73.8 Å². The van der Waals surface area contributed by atoms with E-state index in [0.717, 1.165) is 51.9 Å². The molecule has 4 heterocycles. The monoisotopic (exact) mass is 834 g/mol. The smallest absolute Gasteiger partial charge is 0.180 e. The van der Waals surface area contributed by atoms with Crippen LogP contribution in [0.25, 0.3) is 50.1 Å². The summed E-state index contributed by atoms with van der Waals surface area (Å²) in [6.45, 7) is 16.9. The van der Waals surface area contributed by atoms with Crippen LogP contribution in [0.3, 0.4) is 0 Å². The van der Waals surface area contributed by atoms with Gasteiger partial charge in [-0.05, 0) is 102 Å². The predicted octanol–water partition coefficient (Wildman–Crippen LogP) is 13.1. The summed E-state index contributed by atoms with van der Waals surface area (Å²) in [6.07, 6.45) is -0.0562. The lowest BCUT2D eigenvalue weighted by atomic mass is 10.1. The maximum absolute atomic E-state index is 6.29. The fraction of sp³-hybridized carbons (Fsp3) is 0.364. The largest absolute Gasteiger partial charge is 0.496 e. The van der Waals surface area contributed by atoms with Gasteiger partial charge in [-0.2, -0.15) is 0 Å². The minimum absolute atomic E-state index is 0.0281. The van der Waals surface area contributed by atoms with E-state index < -0.39 is 0 Å². The third kappa shape index (κ3) is 7.21. The normalized spacial score (nSPS) is 11.4. The Kier molecular flexibility index (Phi) is 12.5. The van der Waals surface area contributed by atoms with E-state index in [1.54, 1.807) is 88.0 Å². The molecule has 2 aromatic carbocycles. The van der Waals surface area contributed by atoms with Crippen molar-refractivity contribution in [3.63, 3.8) is 0 Å². The number of hydrogen-bond donors (Lipinski definition) is 0. The van der Waals surface area contributed by atoms with E-state index >= 15 is 0 Å². The molecule has 8 nitrogen and oxygen atoms in total. The zero-order valence-electron chi connectivity index (χ0n) is 34.5. The highest BCUT2D eigenvalue weighted by atomic mass is 32.1. The third-order valence-corrected chi connectivity index (χ3v) is 15.2. The Labute approximate surface area is 346 Å². The predicted molar refractivity (Wildman–Crippen MR) is 235 cm³/mol. The van der Waals surface area contributed by atoms with Gasteiger partial charge in [-0.1, -0.05) is 12.1 Å². The molecule has 0 amide bonds. The maximum Gasteiger partial charge on any atom is 0.180 e. The molecule has 4 aromatic heterocycles. The van der Waals surface area contributed by atoms with Gasteiger partial charge in [0.25, 0.3) is 0 Å². The third-order valence-electron chi connectivity index (χ3n) is 9.57. The Morgan fingerprint density at radius 1 is 0.357 bits per heavy atom. The second-order valence-corrected chi connectivity index (χ2v) is 17.8. The van der Waals surface area contributed by atoms with E-state index in [-0.39, 0.29) is 12.2 Å². The van der Waals surface area contributed by atoms with Crippen LogP contribution in [0.1, 0.15) is 49.9 Å². The highest BCUT2D eigenvalue weighted by Gasteiger charge is 2.32. The molecule has 0 unspecified atom stereocenters. The van der Waals surface area contributed by atoms with Crippen molar-refractivity contribution in [3.05, 3.63) is 58.7 Å². The van der Waals surface area contributed by atoms with Gasteiger partial charge >= 0.3 is 0 Å². The van der Waals surface area contributed by atoms with Crippen LogP contribution < -0.4 is 37.9 Å². The summed E-state index contributed by atoms with van der Waals surface area (Å²) >= 11 is 6.80. The molecule has 0 saturated carbocycles. The molecular formula is C44H50O8S4. The minimum Gasteiger partial charge on any atom is -0.496 e. The summed E-state index contributed by atoms with van der Waals surface area (Å²) in [7, 11) is 10.1. The van der Waals surface area contributed by atoms with Crippen LogP contribution in [0.2, 0.25) is 0 Å². The van der Waals surface area contributed by atoms with Crippen molar-refractivity contribution in [2.75, 3.05) is 42.7 Å². The average molecular weight is 835 g/mol. The van der Waals surface area contributed by atoms with E-state index in [0.29, 0.717) is 34.5 Å². The van der Waals surface area contributed by atoms with E-state index in [2.05, 4.69) is 27.7 Å². The van der Waals surface area contributed by atoms with Crippen molar-refractivity contribution < 1.29 is 37.9 Å². The fourth-order valence-corrected chi connectivity index (χ4v) is 12.6. The maximum atomic E-state index is 6.29. The molecule has 12 heteroatoms. The Morgan fingerprint density at radius 3 is 0.911 bits per heavy atom. The second-order valence-electron chi connectivity index (χ2n) is 13.7. The van der Waals surface area contributed by atoms with Crippen LogP contribution in [0.5, 0.6) is 46.0 Å². The van der Waals surface area contributed by atoms with Crippen molar-refractivity contribution in [1.82, 2.24) is 0 Å². The Bertz CT molecular complexity index is 2190. The zero-order chi connectivity index (χ0) is 40.6. The molecule has 6 rings (SSSR count). The number of benzene rings is 2.